The average Bonchev–Trinajstić information content (AvgIpc) is 2.26. The minimum absolute atomic E-state index is 0.958. The van der Waals surface area contributed by atoms with E-state index in [4.69, 9.17) is 4.74 Å². The quantitative estimate of drug-likeness (QED) is 0.662. The van der Waals surface area contributed by atoms with Gasteiger partial charge in [0.2, 0.25) is 0 Å². The highest BCUT2D eigenvalue weighted by atomic mass is 16.5. The van der Waals surface area contributed by atoms with Gasteiger partial charge in [0, 0.05) is 0 Å². The number of rotatable bonds is 2. The molecule has 0 fully saturated rings. The van der Waals surface area contributed by atoms with E-state index in [-0.39, 0.29) is 0 Å². The Balaban J connectivity index is 2.29. The summed E-state index contributed by atoms with van der Waals surface area (Å²) in [6.07, 6.45) is 8.01. The second-order valence-electron chi connectivity index (χ2n) is 4.08. The number of para-hydroxylation sites is 1. The molecular formula is C14H16O. The Morgan fingerprint density at radius 3 is 3.07 bits per heavy atom. The summed E-state index contributed by atoms with van der Waals surface area (Å²) in [6.45, 7) is 4.24. The molecule has 1 heterocycles. The maximum atomic E-state index is 5.58. The Bertz CT molecular complexity index is 409. The molecule has 2 rings (SSSR count). The highest BCUT2D eigenvalue weighted by Gasteiger charge is 2.09. The minimum Gasteiger partial charge on any atom is -0.465 e. The zero-order chi connectivity index (χ0) is 10.7. The largest absolute Gasteiger partial charge is 0.465 e. The first-order chi connectivity index (χ1) is 7.27. The van der Waals surface area contributed by atoms with Gasteiger partial charge in [0.05, 0.1) is 6.26 Å². The Hall–Kier alpha value is -1.50. The molecule has 1 aromatic rings. The standard InChI is InChI=1S/C14H16O/c1-11(2)8-9-13-6-3-5-12-7-4-10-15-14(12)13/h3-6,8,10H,7,9H2,1-2H3. The van der Waals surface area contributed by atoms with Gasteiger partial charge < -0.3 is 4.74 Å². The second kappa shape index (κ2) is 4.35. The fourth-order valence-electron chi connectivity index (χ4n) is 1.72. The molecule has 0 N–H and O–H groups in total. The van der Waals surface area contributed by atoms with Gasteiger partial charge in [-0.05, 0) is 43.9 Å². The van der Waals surface area contributed by atoms with Crippen LogP contribution in [0.2, 0.25) is 0 Å². The molecule has 0 spiro atoms. The third kappa shape index (κ3) is 2.30. The van der Waals surface area contributed by atoms with E-state index in [0.29, 0.717) is 0 Å². The lowest BCUT2D eigenvalue weighted by molar-refractivity contribution is 0.459. The lowest BCUT2D eigenvalue weighted by Gasteiger charge is -2.15. The van der Waals surface area contributed by atoms with Crippen molar-refractivity contribution >= 4 is 0 Å². The van der Waals surface area contributed by atoms with Crippen LogP contribution in [0.1, 0.15) is 25.0 Å². The predicted octanol–water partition coefficient (Wildman–Crippen LogP) is 3.64. The van der Waals surface area contributed by atoms with Crippen LogP contribution in [0.5, 0.6) is 5.75 Å². The van der Waals surface area contributed by atoms with Crippen LogP contribution in [-0.2, 0) is 12.8 Å². The summed E-state index contributed by atoms with van der Waals surface area (Å²) >= 11 is 0. The van der Waals surface area contributed by atoms with Crippen LogP contribution >= 0.6 is 0 Å². The molecule has 0 amide bonds. The van der Waals surface area contributed by atoms with Crippen LogP contribution in [0.15, 0.2) is 42.2 Å². The Morgan fingerprint density at radius 2 is 2.27 bits per heavy atom. The molecular weight excluding hydrogens is 184 g/mol. The van der Waals surface area contributed by atoms with Gasteiger partial charge in [0.15, 0.2) is 0 Å². The third-order valence-electron chi connectivity index (χ3n) is 2.53. The van der Waals surface area contributed by atoms with Crippen molar-refractivity contribution in [2.45, 2.75) is 26.7 Å². The molecule has 0 radical (unpaired) electrons. The number of hydrogen-bond acceptors (Lipinski definition) is 1. The molecule has 78 valence electrons. The first-order valence-corrected chi connectivity index (χ1v) is 5.33. The number of fused-ring (bicyclic) bond motifs is 1. The minimum atomic E-state index is 0.958. The average molecular weight is 200 g/mol. The van der Waals surface area contributed by atoms with Gasteiger partial charge in [-0.3, -0.25) is 0 Å². The van der Waals surface area contributed by atoms with Gasteiger partial charge in [0.1, 0.15) is 5.75 Å². The SMILES string of the molecule is CC(C)=CCc1cccc2c1OC=CC2. The van der Waals surface area contributed by atoms with Gasteiger partial charge in [-0.15, -0.1) is 0 Å². The van der Waals surface area contributed by atoms with E-state index in [2.05, 4.69) is 38.1 Å². The van der Waals surface area contributed by atoms with Crippen molar-refractivity contribution in [1.29, 1.82) is 0 Å². The zero-order valence-corrected chi connectivity index (χ0v) is 9.29. The summed E-state index contributed by atoms with van der Waals surface area (Å²) in [7, 11) is 0. The number of allylic oxidation sites excluding steroid dienone is 3. The molecule has 0 saturated heterocycles. The molecule has 0 aliphatic carbocycles. The normalized spacial score (nSPS) is 12.9. The smallest absolute Gasteiger partial charge is 0.133 e. The van der Waals surface area contributed by atoms with Gasteiger partial charge in [0.25, 0.3) is 0 Å². The summed E-state index contributed by atoms with van der Waals surface area (Å²) in [4.78, 5) is 0. The number of benzene rings is 1. The zero-order valence-electron chi connectivity index (χ0n) is 9.29. The maximum Gasteiger partial charge on any atom is 0.133 e. The molecule has 1 aromatic carbocycles. The van der Waals surface area contributed by atoms with Crippen molar-refractivity contribution in [1.82, 2.24) is 0 Å². The lowest BCUT2D eigenvalue weighted by atomic mass is 10.0. The Labute approximate surface area is 91.1 Å². The van der Waals surface area contributed by atoms with Crippen LogP contribution in [-0.4, -0.2) is 0 Å². The van der Waals surface area contributed by atoms with E-state index >= 15 is 0 Å². The molecule has 0 aromatic heterocycles. The highest BCUT2D eigenvalue weighted by molar-refractivity contribution is 5.45. The first-order valence-electron chi connectivity index (χ1n) is 5.33. The molecule has 1 aliphatic rings. The topological polar surface area (TPSA) is 9.23 Å². The number of ether oxygens (including phenoxy) is 1. The van der Waals surface area contributed by atoms with E-state index in [1.54, 1.807) is 6.26 Å². The second-order valence-corrected chi connectivity index (χ2v) is 4.08. The molecule has 15 heavy (non-hydrogen) atoms. The summed E-state index contributed by atoms with van der Waals surface area (Å²) in [5, 5.41) is 0. The van der Waals surface area contributed by atoms with E-state index in [1.807, 2.05) is 6.08 Å². The van der Waals surface area contributed by atoms with Crippen LogP contribution < -0.4 is 4.74 Å². The van der Waals surface area contributed by atoms with Crippen molar-refractivity contribution in [2.24, 2.45) is 0 Å². The summed E-state index contributed by atoms with van der Waals surface area (Å²) < 4.78 is 5.58. The van der Waals surface area contributed by atoms with Crippen LogP contribution in [0.25, 0.3) is 0 Å². The first kappa shape index (κ1) is 10.0. The van der Waals surface area contributed by atoms with Crippen molar-refractivity contribution in [3.8, 4) is 5.75 Å². The maximum absolute atomic E-state index is 5.58. The van der Waals surface area contributed by atoms with Gasteiger partial charge >= 0.3 is 0 Å². The van der Waals surface area contributed by atoms with E-state index < -0.39 is 0 Å². The van der Waals surface area contributed by atoms with Crippen LogP contribution in [0.3, 0.4) is 0 Å². The van der Waals surface area contributed by atoms with Gasteiger partial charge in [-0.2, -0.15) is 0 Å². The van der Waals surface area contributed by atoms with Crippen LogP contribution in [0, 0.1) is 0 Å². The van der Waals surface area contributed by atoms with E-state index in [0.717, 1.165) is 18.6 Å². The van der Waals surface area contributed by atoms with E-state index in [1.165, 1.54) is 16.7 Å². The Morgan fingerprint density at radius 1 is 1.40 bits per heavy atom. The van der Waals surface area contributed by atoms with Crippen molar-refractivity contribution in [3.05, 3.63) is 53.3 Å². The molecule has 1 aliphatic heterocycles. The van der Waals surface area contributed by atoms with Crippen molar-refractivity contribution in [3.63, 3.8) is 0 Å². The predicted molar refractivity (Wildman–Crippen MR) is 63.0 cm³/mol. The Kier molecular flexibility index (Phi) is 2.91. The monoisotopic (exact) mass is 200 g/mol. The molecule has 1 nitrogen and oxygen atoms in total. The lowest BCUT2D eigenvalue weighted by Crippen LogP contribution is -2.00. The van der Waals surface area contributed by atoms with E-state index in [9.17, 15) is 0 Å². The third-order valence-corrected chi connectivity index (χ3v) is 2.53. The van der Waals surface area contributed by atoms with Crippen molar-refractivity contribution in [2.75, 3.05) is 0 Å². The molecule has 0 unspecified atom stereocenters. The summed E-state index contributed by atoms with van der Waals surface area (Å²) in [5.41, 5.74) is 3.91. The van der Waals surface area contributed by atoms with Gasteiger partial charge in [-0.1, -0.05) is 29.8 Å². The van der Waals surface area contributed by atoms with Crippen LogP contribution in [0.4, 0.5) is 0 Å². The molecule has 0 atom stereocenters. The summed E-state index contributed by atoms with van der Waals surface area (Å²) in [6, 6.07) is 6.37. The fourth-order valence-corrected chi connectivity index (χ4v) is 1.72. The summed E-state index contributed by atoms with van der Waals surface area (Å²) in [5.74, 6) is 1.05. The van der Waals surface area contributed by atoms with Gasteiger partial charge in [-0.25, -0.2) is 0 Å². The number of hydrogen-bond donors (Lipinski definition) is 0. The highest BCUT2D eigenvalue weighted by Crippen LogP contribution is 2.28. The molecule has 1 heteroatoms. The fraction of sp³-hybridized carbons (Fsp3) is 0.286. The molecule has 0 bridgehead atoms. The van der Waals surface area contributed by atoms with Crippen molar-refractivity contribution < 1.29 is 4.74 Å². The molecule has 0 saturated carbocycles.